The van der Waals surface area contributed by atoms with Gasteiger partial charge in [0.1, 0.15) is 0 Å². The maximum Gasteiger partial charge on any atom is 0.251 e. The molecule has 7 heteroatoms. The van der Waals surface area contributed by atoms with Gasteiger partial charge in [-0.3, -0.25) is 0 Å². The molecule has 1 unspecified atom stereocenters. The van der Waals surface area contributed by atoms with Gasteiger partial charge in [-0.25, -0.2) is 21.9 Å². The summed E-state index contributed by atoms with van der Waals surface area (Å²) in [6, 6.07) is 0.165. The van der Waals surface area contributed by atoms with Crippen LogP contribution in [0.4, 0.5) is 8.78 Å². The quantitative estimate of drug-likeness (QED) is 0.688. The third kappa shape index (κ3) is 6.75. The van der Waals surface area contributed by atoms with Crippen molar-refractivity contribution >= 4 is 10.0 Å². The minimum absolute atomic E-state index is 0.165. The zero-order valence-corrected chi connectivity index (χ0v) is 9.94. The molecule has 2 N–H and O–H groups in total. The first kappa shape index (κ1) is 14.7. The number of halogens is 2. The third-order valence-electron chi connectivity index (χ3n) is 1.78. The standard InChI is InChI=1S/C8H18F2N2O2S/c1-6(2)11-4-7(3)15(13,14)12-5-8(9)10/h6-8,11-12H,4-5H2,1-3H3. The first-order chi connectivity index (χ1) is 6.75. The molecule has 4 nitrogen and oxygen atoms in total. The van der Waals surface area contributed by atoms with E-state index in [1.807, 2.05) is 18.6 Å². The zero-order valence-electron chi connectivity index (χ0n) is 9.13. The van der Waals surface area contributed by atoms with Crippen molar-refractivity contribution in [3.8, 4) is 0 Å². The molecule has 0 fully saturated rings. The van der Waals surface area contributed by atoms with Crippen LogP contribution in [-0.4, -0.2) is 39.2 Å². The Balaban J connectivity index is 4.09. The Morgan fingerprint density at radius 3 is 2.07 bits per heavy atom. The van der Waals surface area contributed by atoms with Crippen LogP contribution < -0.4 is 10.0 Å². The van der Waals surface area contributed by atoms with Gasteiger partial charge in [-0.15, -0.1) is 0 Å². The van der Waals surface area contributed by atoms with E-state index in [0.29, 0.717) is 0 Å². The minimum atomic E-state index is -3.64. The van der Waals surface area contributed by atoms with E-state index in [4.69, 9.17) is 0 Å². The molecule has 0 heterocycles. The molecule has 0 amide bonds. The molecule has 15 heavy (non-hydrogen) atoms. The van der Waals surface area contributed by atoms with Crippen LogP contribution >= 0.6 is 0 Å². The first-order valence-corrected chi connectivity index (χ1v) is 6.30. The number of sulfonamides is 1. The van der Waals surface area contributed by atoms with Crippen molar-refractivity contribution in [3.63, 3.8) is 0 Å². The summed E-state index contributed by atoms with van der Waals surface area (Å²) in [7, 11) is -3.64. The zero-order chi connectivity index (χ0) is 12.1. The van der Waals surface area contributed by atoms with Crippen molar-refractivity contribution in [1.29, 1.82) is 0 Å². The van der Waals surface area contributed by atoms with Crippen LogP contribution in [0.1, 0.15) is 20.8 Å². The first-order valence-electron chi connectivity index (χ1n) is 4.75. The molecule has 0 aliphatic rings. The summed E-state index contributed by atoms with van der Waals surface area (Å²) in [4.78, 5) is 0. The summed E-state index contributed by atoms with van der Waals surface area (Å²) in [6.45, 7) is 4.66. The normalized spacial score (nSPS) is 14.9. The number of nitrogens with one attached hydrogen (secondary N) is 2. The van der Waals surface area contributed by atoms with Crippen molar-refractivity contribution in [2.75, 3.05) is 13.1 Å². The Labute approximate surface area is 89.5 Å². The van der Waals surface area contributed by atoms with Gasteiger partial charge in [-0.2, -0.15) is 0 Å². The number of rotatable bonds is 7. The maximum atomic E-state index is 11.8. The largest absolute Gasteiger partial charge is 0.313 e. The molecule has 92 valence electrons. The highest BCUT2D eigenvalue weighted by Gasteiger charge is 2.21. The van der Waals surface area contributed by atoms with Crippen LogP contribution in [-0.2, 0) is 10.0 Å². The van der Waals surface area contributed by atoms with Crippen molar-refractivity contribution in [2.24, 2.45) is 0 Å². The molecule has 0 saturated carbocycles. The molecule has 0 bridgehead atoms. The maximum absolute atomic E-state index is 11.8. The van der Waals surface area contributed by atoms with Crippen molar-refractivity contribution in [3.05, 3.63) is 0 Å². The van der Waals surface area contributed by atoms with Crippen LogP contribution in [0.3, 0.4) is 0 Å². The van der Waals surface area contributed by atoms with E-state index in [-0.39, 0.29) is 12.6 Å². The second-order valence-corrected chi connectivity index (χ2v) is 5.84. The SMILES string of the molecule is CC(C)NCC(C)S(=O)(=O)NCC(F)F. The monoisotopic (exact) mass is 244 g/mol. The van der Waals surface area contributed by atoms with E-state index < -0.39 is 28.2 Å². The summed E-state index contributed by atoms with van der Waals surface area (Å²) in [5, 5.41) is 2.21. The molecule has 0 aliphatic heterocycles. The summed E-state index contributed by atoms with van der Waals surface area (Å²) in [5.74, 6) is 0. The predicted octanol–water partition coefficient (Wildman–Crippen LogP) is 0.557. The number of alkyl halides is 2. The molecule has 0 saturated heterocycles. The second-order valence-electron chi connectivity index (χ2n) is 3.66. The second kappa shape index (κ2) is 6.34. The molecule has 0 spiro atoms. The number of hydrogen-bond acceptors (Lipinski definition) is 3. The topological polar surface area (TPSA) is 58.2 Å². The van der Waals surface area contributed by atoms with Crippen molar-refractivity contribution < 1.29 is 17.2 Å². The van der Waals surface area contributed by atoms with Crippen LogP contribution in [0.2, 0.25) is 0 Å². The van der Waals surface area contributed by atoms with Gasteiger partial charge in [-0.1, -0.05) is 13.8 Å². The highest BCUT2D eigenvalue weighted by atomic mass is 32.2. The fourth-order valence-electron chi connectivity index (χ4n) is 0.833. The molecule has 0 aliphatic carbocycles. The minimum Gasteiger partial charge on any atom is -0.313 e. The summed E-state index contributed by atoms with van der Waals surface area (Å²) < 4.78 is 48.2. The van der Waals surface area contributed by atoms with Gasteiger partial charge in [0, 0.05) is 12.6 Å². The molecular weight excluding hydrogens is 226 g/mol. The van der Waals surface area contributed by atoms with Gasteiger partial charge in [-0.05, 0) is 6.92 Å². The van der Waals surface area contributed by atoms with Gasteiger partial charge in [0.25, 0.3) is 6.43 Å². The lowest BCUT2D eigenvalue weighted by Gasteiger charge is -2.16. The van der Waals surface area contributed by atoms with Crippen molar-refractivity contribution in [1.82, 2.24) is 10.0 Å². The van der Waals surface area contributed by atoms with Gasteiger partial charge >= 0.3 is 0 Å². The molecule has 0 rings (SSSR count). The molecule has 0 aromatic rings. The van der Waals surface area contributed by atoms with E-state index in [1.165, 1.54) is 6.92 Å². The van der Waals surface area contributed by atoms with Crippen molar-refractivity contribution in [2.45, 2.75) is 38.5 Å². The van der Waals surface area contributed by atoms with Crippen LogP contribution in [0.15, 0.2) is 0 Å². The Bertz CT molecular complexity index is 268. The Morgan fingerprint density at radius 2 is 1.67 bits per heavy atom. The summed E-state index contributed by atoms with van der Waals surface area (Å²) >= 11 is 0. The van der Waals surface area contributed by atoms with E-state index in [1.54, 1.807) is 0 Å². The highest BCUT2D eigenvalue weighted by molar-refractivity contribution is 7.90. The van der Waals surface area contributed by atoms with Crippen LogP contribution in [0.5, 0.6) is 0 Å². The van der Waals surface area contributed by atoms with E-state index in [9.17, 15) is 17.2 Å². The molecular formula is C8H18F2N2O2S. The summed E-state index contributed by atoms with van der Waals surface area (Å²) in [6.07, 6.45) is -2.66. The smallest absolute Gasteiger partial charge is 0.251 e. The molecule has 0 aromatic heterocycles. The molecule has 1 atom stereocenters. The lowest BCUT2D eigenvalue weighted by molar-refractivity contribution is 0.153. The Hall–Kier alpha value is -0.270. The highest BCUT2D eigenvalue weighted by Crippen LogP contribution is 1.99. The fraction of sp³-hybridized carbons (Fsp3) is 1.00. The average Bonchev–Trinajstić information content (AvgIpc) is 2.11. The lowest BCUT2D eigenvalue weighted by atomic mass is 10.3. The van der Waals surface area contributed by atoms with Gasteiger partial charge in [0.15, 0.2) is 0 Å². The Morgan fingerprint density at radius 1 is 1.13 bits per heavy atom. The van der Waals surface area contributed by atoms with Crippen LogP contribution in [0, 0.1) is 0 Å². The van der Waals surface area contributed by atoms with Gasteiger partial charge in [0.05, 0.1) is 11.8 Å². The average molecular weight is 244 g/mol. The van der Waals surface area contributed by atoms with Gasteiger partial charge < -0.3 is 5.32 Å². The van der Waals surface area contributed by atoms with E-state index in [2.05, 4.69) is 5.32 Å². The third-order valence-corrected chi connectivity index (χ3v) is 3.58. The van der Waals surface area contributed by atoms with E-state index in [0.717, 1.165) is 0 Å². The van der Waals surface area contributed by atoms with Gasteiger partial charge in [0.2, 0.25) is 10.0 Å². The van der Waals surface area contributed by atoms with Crippen LogP contribution in [0.25, 0.3) is 0 Å². The Kier molecular flexibility index (Phi) is 6.23. The predicted molar refractivity (Wildman–Crippen MR) is 55.5 cm³/mol. The lowest BCUT2D eigenvalue weighted by Crippen LogP contribution is -2.42. The molecule has 0 aromatic carbocycles. The molecule has 0 radical (unpaired) electrons. The van der Waals surface area contributed by atoms with E-state index >= 15 is 0 Å². The fourth-order valence-corrected chi connectivity index (χ4v) is 1.79. The number of hydrogen-bond donors (Lipinski definition) is 2. The summed E-state index contributed by atoms with van der Waals surface area (Å²) in [5.41, 5.74) is 0.